The van der Waals surface area contributed by atoms with Gasteiger partial charge in [-0.15, -0.1) is 11.3 Å². The van der Waals surface area contributed by atoms with Gasteiger partial charge < -0.3 is 10.6 Å². The van der Waals surface area contributed by atoms with Crippen molar-refractivity contribution < 1.29 is 18.0 Å². The minimum atomic E-state index is -4.58. The SMILES string of the molecule is Cc1ccc(NC(SCC(=O)Nc2cc(C(F)(F)F)ccc2Cl)=C(C#N)c2nc3ccccc3s2)cc1. The topological polar surface area (TPSA) is 77.8 Å². The lowest BCUT2D eigenvalue weighted by Gasteiger charge is -2.14. The monoisotopic (exact) mass is 558 g/mol. The molecule has 3 aromatic carbocycles. The van der Waals surface area contributed by atoms with Gasteiger partial charge in [-0.2, -0.15) is 18.4 Å². The molecule has 188 valence electrons. The fraction of sp³-hybridized carbons (Fsp3) is 0.115. The van der Waals surface area contributed by atoms with Crippen LogP contribution in [0, 0.1) is 18.3 Å². The van der Waals surface area contributed by atoms with Crippen LogP contribution >= 0.6 is 34.7 Å². The number of nitrogens with zero attached hydrogens (tertiary/aromatic N) is 2. The molecule has 1 aromatic heterocycles. The third-order valence-electron chi connectivity index (χ3n) is 5.07. The summed E-state index contributed by atoms with van der Waals surface area (Å²) < 4.78 is 40.1. The molecule has 4 rings (SSSR count). The highest BCUT2D eigenvalue weighted by Gasteiger charge is 2.31. The van der Waals surface area contributed by atoms with E-state index in [-0.39, 0.29) is 22.0 Å². The minimum Gasteiger partial charge on any atom is -0.349 e. The molecule has 4 aromatic rings. The molecule has 0 fully saturated rings. The maximum Gasteiger partial charge on any atom is 0.416 e. The fourth-order valence-corrected chi connectivity index (χ4v) is 5.26. The number of hydrogen-bond donors (Lipinski definition) is 2. The van der Waals surface area contributed by atoms with Crippen molar-refractivity contribution in [3.8, 4) is 6.07 Å². The summed E-state index contributed by atoms with van der Waals surface area (Å²) in [6, 6.07) is 19.8. The number of halogens is 4. The predicted octanol–water partition coefficient (Wildman–Crippen LogP) is 7.95. The van der Waals surface area contributed by atoms with Crippen LogP contribution in [0.5, 0.6) is 0 Å². The molecule has 0 atom stereocenters. The third kappa shape index (κ3) is 6.63. The molecule has 5 nitrogen and oxygen atoms in total. The molecule has 0 aliphatic carbocycles. The molecule has 0 aliphatic rings. The highest BCUT2D eigenvalue weighted by Crippen LogP contribution is 2.35. The number of carbonyl (C=O) groups is 1. The van der Waals surface area contributed by atoms with Crippen molar-refractivity contribution in [1.82, 2.24) is 4.98 Å². The van der Waals surface area contributed by atoms with E-state index in [2.05, 4.69) is 21.7 Å². The van der Waals surface area contributed by atoms with Gasteiger partial charge in [-0.1, -0.05) is 53.2 Å². The summed E-state index contributed by atoms with van der Waals surface area (Å²) in [5.41, 5.74) is 1.66. The number of thioether (sulfide) groups is 1. The number of nitrogens with one attached hydrogen (secondary N) is 2. The van der Waals surface area contributed by atoms with Gasteiger partial charge in [-0.25, -0.2) is 4.98 Å². The number of para-hydroxylation sites is 1. The van der Waals surface area contributed by atoms with Gasteiger partial charge in [0.25, 0.3) is 0 Å². The molecule has 1 amide bonds. The summed E-state index contributed by atoms with van der Waals surface area (Å²) in [7, 11) is 0. The number of nitriles is 1. The quantitative estimate of drug-likeness (QED) is 0.225. The van der Waals surface area contributed by atoms with Crippen LogP contribution in [0.2, 0.25) is 5.02 Å². The molecule has 37 heavy (non-hydrogen) atoms. The Balaban J connectivity index is 1.61. The number of allylic oxidation sites excluding steroid dienone is 1. The Morgan fingerprint density at radius 3 is 2.51 bits per heavy atom. The second-order valence-electron chi connectivity index (χ2n) is 7.82. The summed E-state index contributed by atoms with van der Waals surface area (Å²) in [5, 5.41) is 16.5. The van der Waals surface area contributed by atoms with E-state index in [1.807, 2.05) is 55.5 Å². The van der Waals surface area contributed by atoms with Crippen LogP contribution in [-0.2, 0) is 11.0 Å². The van der Waals surface area contributed by atoms with Gasteiger partial charge in [-0.3, -0.25) is 4.79 Å². The second-order valence-corrected chi connectivity index (χ2v) is 10.2. The number of fused-ring (bicyclic) bond motifs is 1. The third-order valence-corrected chi connectivity index (χ3v) is 7.46. The van der Waals surface area contributed by atoms with Crippen molar-refractivity contribution in [1.29, 1.82) is 5.26 Å². The molecule has 11 heteroatoms. The lowest BCUT2D eigenvalue weighted by Crippen LogP contribution is -2.16. The maximum absolute atomic E-state index is 13.1. The van der Waals surface area contributed by atoms with E-state index >= 15 is 0 Å². The number of alkyl halides is 3. The number of rotatable bonds is 7. The van der Waals surface area contributed by atoms with Crippen LogP contribution in [0.25, 0.3) is 15.8 Å². The van der Waals surface area contributed by atoms with Gasteiger partial charge in [0.15, 0.2) is 0 Å². The van der Waals surface area contributed by atoms with Crippen molar-refractivity contribution in [2.45, 2.75) is 13.1 Å². The standard InChI is InChI=1S/C26H18ClF3N4OS2/c1-15-6-9-17(10-7-15)32-24(18(13-31)25-34-20-4-2-3-5-22(20)37-25)36-14-23(35)33-21-12-16(26(28,29)30)8-11-19(21)27/h2-12,32H,14H2,1H3,(H,33,35). The van der Waals surface area contributed by atoms with E-state index in [0.717, 1.165) is 45.7 Å². The first kappa shape index (κ1) is 26.5. The summed E-state index contributed by atoms with van der Waals surface area (Å²) in [5.74, 6) is -0.785. The number of aryl methyl sites for hydroxylation is 1. The summed E-state index contributed by atoms with van der Waals surface area (Å²) in [6.07, 6.45) is -4.58. The molecule has 1 heterocycles. The van der Waals surface area contributed by atoms with Crippen molar-refractivity contribution in [2.75, 3.05) is 16.4 Å². The average molecular weight is 559 g/mol. The highest BCUT2D eigenvalue weighted by molar-refractivity contribution is 8.04. The Bertz CT molecular complexity index is 1490. The average Bonchev–Trinajstić information content (AvgIpc) is 3.28. The van der Waals surface area contributed by atoms with Gasteiger partial charge in [-0.05, 0) is 49.4 Å². The minimum absolute atomic E-state index is 0.0212. The van der Waals surface area contributed by atoms with E-state index in [0.29, 0.717) is 15.7 Å². The number of carbonyl (C=O) groups excluding carboxylic acids is 1. The van der Waals surface area contributed by atoms with E-state index < -0.39 is 17.6 Å². The zero-order valence-electron chi connectivity index (χ0n) is 19.2. The molecule has 0 aliphatic heterocycles. The normalized spacial score (nSPS) is 12.1. The molecule has 0 spiro atoms. The van der Waals surface area contributed by atoms with Crippen molar-refractivity contribution >= 4 is 67.8 Å². The molecule has 2 N–H and O–H groups in total. The second kappa shape index (κ2) is 11.3. The molecule has 0 saturated carbocycles. The lowest BCUT2D eigenvalue weighted by atomic mass is 10.2. The van der Waals surface area contributed by atoms with Crippen LogP contribution in [0.3, 0.4) is 0 Å². The molecular formula is C26H18ClF3N4OS2. The summed E-state index contributed by atoms with van der Waals surface area (Å²) in [6.45, 7) is 1.94. The van der Waals surface area contributed by atoms with E-state index in [1.165, 1.54) is 11.3 Å². The van der Waals surface area contributed by atoms with Crippen LogP contribution in [0.1, 0.15) is 16.1 Å². The lowest BCUT2D eigenvalue weighted by molar-refractivity contribution is -0.137. The Hall–Kier alpha value is -3.52. The summed E-state index contributed by atoms with van der Waals surface area (Å²) >= 11 is 8.39. The highest BCUT2D eigenvalue weighted by atomic mass is 35.5. The number of hydrogen-bond acceptors (Lipinski definition) is 6. The number of thiazole rings is 1. The number of anilines is 2. The van der Waals surface area contributed by atoms with Crippen LogP contribution in [0.15, 0.2) is 71.8 Å². The van der Waals surface area contributed by atoms with Gasteiger partial charge in [0.1, 0.15) is 16.6 Å². The number of aromatic nitrogens is 1. The smallest absolute Gasteiger partial charge is 0.349 e. The Labute approximate surface area is 224 Å². The van der Waals surface area contributed by atoms with Gasteiger partial charge in [0.05, 0.1) is 37.3 Å². The molecular weight excluding hydrogens is 541 g/mol. The maximum atomic E-state index is 13.1. The molecule has 0 unspecified atom stereocenters. The van der Waals surface area contributed by atoms with Crippen molar-refractivity contribution in [3.05, 3.63) is 92.9 Å². The van der Waals surface area contributed by atoms with Crippen LogP contribution < -0.4 is 10.6 Å². The van der Waals surface area contributed by atoms with Crippen molar-refractivity contribution in [2.24, 2.45) is 0 Å². The van der Waals surface area contributed by atoms with Gasteiger partial charge >= 0.3 is 6.18 Å². The number of amides is 1. The first-order chi connectivity index (χ1) is 17.6. The molecule has 0 saturated heterocycles. The molecule has 0 radical (unpaired) electrons. The Morgan fingerprint density at radius 1 is 1.11 bits per heavy atom. The van der Waals surface area contributed by atoms with Crippen LogP contribution in [-0.4, -0.2) is 16.6 Å². The summed E-state index contributed by atoms with van der Waals surface area (Å²) in [4.78, 5) is 17.3. The van der Waals surface area contributed by atoms with E-state index in [9.17, 15) is 23.2 Å². The van der Waals surface area contributed by atoms with E-state index in [4.69, 9.17) is 11.6 Å². The zero-order chi connectivity index (χ0) is 26.6. The largest absolute Gasteiger partial charge is 0.416 e. The van der Waals surface area contributed by atoms with Crippen molar-refractivity contribution in [3.63, 3.8) is 0 Å². The first-order valence-electron chi connectivity index (χ1n) is 10.8. The van der Waals surface area contributed by atoms with Gasteiger partial charge in [0.2, 0.25) is 5.91 Å². The molecule has 0 bridgehead atoms. The Morgan fingerprint density at radius 2 is 1.84 bits per heavy atom. The fourth-order valence-electron chi connectivity index (χ4n) is 3.23. The first-order valence-corrected chi connectivity index (χ1v) is 13.0. The van der Waals surface area contributed by atoms with E-state index in [1.54, 1.807) is 0 Å². The predicted molar refractivity (Wildman–Crippen MR) is 144 cm³/mol. The van der Waals surface area contributed by atoms with Crippen LogP contribution in [0.4, 0.5) is 24.5 Å². The zero-order valence-corrected chi connectivity index (χ0v) is 21.6. The van der Waals surface area contributed by atoms with Gasteiger partial charge in [0, 0.05) is 5.69 Å². The Kier molecular flexibility index (Phi) is 8.07. The number of benzene rings is 3.